The number of hydrogen-bond donors (Lipinski definition) is 1. The number of rotatable bonds is 5. The predicted molar refractivity (Wildman–Crippen MR) is 162 cm³/mol. The minimum atomic E-state index is -0.878. The fourth-order valence-electron chi connectivity index (χ4n) is 7.74. The molecule has 0 saturated carbocycles. The summed E-state index contributed by atoms with van der Waals surface area (Å²) < 4.78 is 44.0. The van der Waals surface area contributed by atoms with Crippen LogP contribution in [0.15, 0.2) is 36.4 Å². The van der Waals surface area contributed by atoms with E-state index in [1.807, 2.05) is 30.3 Å². The minimum absolute atomic E-state index is 0.0385. The molecule has 224 valence electrons. The standard InChI is InChI=1S/C32H33ClF2N6O2/c1-2-22-23-16-42-30-25-28(26(35)27(37-30)20-8-3-6-18-7-4-9-21(33)24(18)20)38-31(39-29(25)41(23)13-11-36-22)43-17-32-10-5-12-40(32)15-19(34)14-32/h3-4,6-9,19,22-23,36H,2,5,10-17H2,1H3/t19-,22+,23-,32+/m1/s1. The number of ether oxygens (including phenoxy) is 2. The van der Waals surface area contributed by atoms with E-state index in [1.54, 1.807) is 6.07 Å². The number of benzene rings is 2. The molecule has 6 heterocycles. The van der Waals surface area contributed by atoms with Gasteiger partial charge in [-0.25, -0.2) is 13.8 Å². The summed E-state index contributed by atoms with van der Waals surface area (Å²) in [6.45, 7) is 5.44. The lowest BCUT2D eigenvalue weighted by molar-refractivity contribution is 0.107. The highest BCUT2D eigenvalue weighted by Crippen LogP contribution is 2.44. The summed E-state index contributed by atoms with van der Waals surface area (Å²) in [6, 6.07) is 11.4. The van der Waals surface area contributed by atoms with E-state index in [-0.39, 0.29) is 47.3 Å². The summed E-state index contributed by atoms with van der Waals surface area (Å²) in [4.78, 5) is 18.7. The summed E-state index contributed by atoms with van der Waals surface area (Å²) in [5.41, 5.74) is 0.373. The van der Waals surface area contributed by atoms with Crippen LogP contribution < -0.4 is 19.7 Å². The van der Waals surface area contributed by atoms with Crippen molar-refractivity contribution >= 4 is 39.1 Å². The molecule has 11 heteroatoms. The molecule has 0 bridgehead atoms. The van der Waals surface area contributed by atoms with Gasteiger partial charge in [-0.2, -0.15) is 9.97 Å². The van der Waals surface area contributed by atoms with E-state index in [4.69, 9.17) is 31.0 Å². The van der Waals surface area contributed by atoms with Crippen LogP contribution in [0.1, 0.15) is 32.6 Å². The number of anilines is 1. The van der Waals surface area contributed by atoms with Crippen LogP contribution in [0.5, 0.6) is 11.9 Å². The maximum absolute atomic E-state index is 16.8. The van der Waals surface area contributed by atoms with Crippen molar-refractivity contribution < 1.29 is 18.3 Å². The lowest BCUT2D eigenvalue weighted by Gasteiger charge is -2.41. The zero-order chi connectivity index (χ0) is 29.3. The molecule has 4 atom stereocenters. The Kier molecular flexibility index (Phi) is 6.58. The Labute approximate surface area is 253 Å². The number of fused-ring (bicyclic) bond motifs is 4. The molecule has 2 aromatic carbocycles. The van der Waals surface area contributed by atoms with Crippen LogP contribution in [0.3, 0.4) is 0 Å². The highest BCUT2D eigenvalue weighted by molar-refractivity contribution is 6.36. The van der Waals surface area contributed by atoms with E-state index in [2.05, 4.69) is 27.0 Å². The summed E-state index contributed by atoms with van der Waals surface area (Å²) in [5.74, 6) is 0.258. The Morgan fingerprint density at radius 3 is 2.86 bits per heavy atom. The van der Waals surface area contributed by atoms with Crippen molar-refractivity contribution in [1.82, 2.24) is 25.2 Å². The van der Waals surface area contributed by atoms with E-state index < -0.39 is 12.0 Å². The van der Waals surface area contributed by atoms with Crippen LogP contribution in [0, 0.1) is 5.82 Å². The van der Waals surface area contributed by atoms with E-state index >= 15 is 4.39 Å². The first-order valence-corrected chi connectivity index (χ1v) is 15.6. The zero-order valence-corrected chi connectivity index (χ0v) is 24.7. The van der Waals surface area contributed by atoms with Crippen molar-refractivity contribution in [3.63, 3.8) is 0 Å². The van der Waals surface area contributed by atoms with Gasteiger partial charge in [0, 0.05) is 48.1 Å². The van der Waals surface area contributed by atoms with Crippen LogP contribution in [0.25, 0.3) is 32.9 Å². The largest absolute Gasteiger partial charge is 0.475 e. The van der Waals surface area contributed by atoms with Gasteiger partial charge in [-0.15, -0.1) is 0 Å². The molecule has 4 aliphatic heterocycles. The average Bonchev–Trinajstić information content (AvgIpc) is 3.49. The molecular formula is C32H33ClF2N6O2. The monoisotopic (exact) mass is 606 g/mol. The molecule has 3 fully saturated rings. The third-order valence-electron chi connectivity index (χ3n) is 9.78. The van der Waals surface area contributed by atoms with Crippen molar-refractivity contribution in [2.75, 3.05) is 44.3 Å². The molecule has 8 rings (SSSR count). The maximum atomic E-state index is 16.8. The first-order valence-electron chi connectivity index (χ1n) is 15.2. The summed E-state index contributed by atoms with van der Waals surface area (Å²) >= 11 is 6.64. The Morgan fingerprint density at radius 1 is 1.14 bits per heavy atom. The second-order valence-electron chi connectivity index (χ2n) is 12.2. The van der Waals surface area contributed by atoms with Gasteiger partial charge >= 0.3 is 6.01 Å². The summed E-state index contributed by atoms with van der Waals surface area (Å²) in [7, 11) is 0. The van der Waals surface area contributed by atoms with Gasteiger partial charge in [-0.3, -0.25) is 4.90 Å². The van der Waals surface area contributed by atoms with Crippen molar-refractivity contribution in [3.05, 3.63) is 47.2 Å². The quantitative estimate of drug-likeness (QED) is 0.317. The van der Waals surface area contributed by atoms with Crippen LogP contribution >= 0.6 is 11.6 Å². The Balaban J connectivity index is 1.30. The van der Waals surface area contributed by atoms with Gasteiger partial charge in [0.25, 0.3) is 0 Å². The molecule has 4 aromatic rings. The molecule has 8 nitrogen and oxygen atoms in total. The lowest BCUT2D eigenvalue weighted by atomic mass is 9.95. The smallest absolute Gasteiger partial charge is 0.319 e. The maximum Gasteiger partial charge on any atom is 0.319 e. The molecule has 4 aliphatic rings. The molecular weight excluding hydrogens is 574 g/mol. The van der Waals surface area contributed by atoms with E-state index in [0.29, 0.717) is 53.3 Å². The minimum Gasteiger partial charge on any atom is -0.475 e. The van der Waals surface area contributed by atoms with Crippen molar-refractivity contribution in [2.24, 2.45) is 0 Å². The molecule has 0 radical (unpaired) electrons. The Bertz CT molecular complexity index is 1740. The molecule has 0 amide bonds. The van der Waals surface area contributed by atoms with E-state index in [9.17, 15) is 4.39 Å². The molecule has 0 spiro atoms. The fraction of sp³-hybridized carbons (Fsp3) is 0.469. The number of pyridine rings is 1. The zero-order valence-electron chi connectivity index (χ0n) is 24.0. The SMILES string of the molecule is CC[C@@H]1NCCN2c3nc(OC[C@@]45CCCN4C[C@H](F)C5)nc4c(F)c(-c5cccc6cccc(Cl)c56)nc(c34)OC[C@H]12. The van der Waals surface area contributed by atoms with Crippen LogP contribution in [-0.4, -0.2) is 83.0 Å². The second-order valence-corrected chi connectivity index (χ2v) is 12.6. The number of piperazine rings is 1. The van der Waals surface area contributed by atoms with Gasteiger partial charge in [-0.1, -0.05) is 48.9 Å². The molecule has 43 heavy (non-hydrogen) atoms. The van der Waals surface area contributed by atoms with Gasteiger partial charge in [0.15, 0.2) is 5.82 Å². The first kappa shape index (κ1) is 27.2. The summed E-state index contributed by atoms with van der Waals surface area (Å²) in [5, 5.41) is 6.11. The highest BCUT2D eigenvalue weighted by Gasteiger charge is 2.49. The topological polar surface area (TPSA) is 75.6 Å². The van der Waals surface area contributed by atoms with Crippen LogP contribution in [0.4, 0.5) is 14.6 Å². The van der Waals surface area contributed by atoms with Gasteiger partial charge in [0.05, 0.1) is 11.6 Å². The number of alkyl halides is 1. The molecule has 2 aromatic heterocycles. The highest BCUT2D eigenvalue weighted by atomic mass is 35.5. The predicted octanol–water partition coefficient (Wildman–Crippen LogP) is 5.54. The van der Waals surface area contributed by atoms with Gasteiger partial charge in [0.1, 0.15) is 41.8 Å². The third-order valence-corrected chi connectivity index (χ3v) is 10.1. The van der Waals surface area contributed by atoms with Crippen molar-refractivity contribution in [1.29, 1.82) is 0 Å². The van der Waals surface area contributed by atoms with Crippen LogP contribution in [-0.2, 0) is 0 Å². The van der Waals surface area contributed by atoms with Gasteiger partial charge in [-0.05, 0) is 37.3 Å². The van der Waals surface area contributed by atoms with Crippen molar-refractivity contribution in [2.45, 2.75) is 56.4 Å². The van der Waals surface area contributed by atoms with E-state index in [1.165, 1.54) is 0 Å². The third kappa shape index (κ3) is 4.32. The van der Waals surface area contributed by atoms with Crippen LogP contribution in [0.2, 0.25) is 5.02 Å². The van der Waals surface area contributed by atoms with E-state index in [0.717, 1.165) is 37.7 Å². The summed E-state index contributed by atoms with van der Waals surface area (Å²) in [6.07, 6.45) is 2.29. The molecule has 3 saturated heterocycles. The second kappa shape index (κ2) is 10.4. The van der Waals surface area contributed by atoms with Crippen molar-refractivity contribution in [3.8, 4) is 23.1 Å². The average molecular weight is 607 g/mol. The number of nitrogens with one attached hydrogen (secondary N) is 1. The number of hydrogen-bond acceptors (Lipinski definition) is 8. The normalized spacial score (nSPS) is 26.8. The Hall–Kier alpha value is -3.34. The molecule has 0 unspecified atom stereocenters. The number of aromatic nitrogens is 3. The Morgan fingerprint density at radius 2 is 2.00 bits per heavy atom. The number of halogens is 3. The fourth-order valence-corrected chi connectivity index (χ4v) is 8.02. The molecule has 1 N–H and O–H groups in total. The first-order chi connectivity index (χ1) is 21.0. The molecule has 0 aliphatic carbocycles. The van der Waals surface area contributed by atoms with Gasteiger partial charge < -0.3 is 19.7 Å². The van der Waals surface area contributed by atoms with Gasteiger partial charge in [0.2, 0.25) is 5.88 Å². The number of nitrogens with zero attached hydrogens (tertiary/aromatic N) is 5. The lowest BCUT2D eigenvalue weighted by Crippen LogP contribution is -2.60.